The van der Waals surface area contributed by atoms with Crippen molar-refractivity contribution in [2.75, 3.05) is 6.61 Å². The molecule has 1 N–H and O–H groups in total. The Bertz CT molecular complexity index is 510. The molecule has 4 nitrogen and oxygen atoms in total. The molecule has 0 spiro atoms. The second-order valence-electron chi connectivity index (χ2n) is 6.06. The molecule has 0 fully saturated rings. The van der Waals surface area contributed by atoms with E-state index in [1.165, 1.54) is 17.0 Å². The highest BCUT2D eigenvalue weighted by Gasteiger charge is 2.32. The average molecular weight is 281 g/mol. The summed E-state index contributed by atoms with van der Waals surface area (Å²) in [6.45, 7) is 5.48. The van der Waals surface area contributed by atoms with Crippen molar-refractivity contribution in [2.24, 2.45) is 0 Å². The summed E-state index contributed by atoms with van der Waals surface area (Å²) in [5.41, 5.74) is 1.13. The van der Waals surface area contributed by atoms with Gasteiger partial charge in [-0.15, -0.1) is 0 Å². The van der Waals surface area contributed by atoms with Crippen LogP contribution in [0, 0.1) is 5.82 Å². The molecule has 0 aromatic heterocycles. The normalized spacial score (nSPS) is 18.6. The first-order chi connectivity index (χ1) is 9.30. The molecule has 0 saturated carbocycles. The van der Waals surface area contributed by atoms with E-state index in [9.17, 15) is 14.3 Å². The fourth-order valence-corrected chi connectivity index (χ4v) is 2.31. The van der Waals surface area contributed by atoms with Gasteiger partial charge in [-0.05, 0) is 50.5 Å². The maximum absolute atomic E-state index is 13.3. The van der Waals surface area contributed by atoms with Crippen molar-refractivity contribution in [1.82, 2.24) is 4.90 Å². The minimum absolute atomic E-state index is 0.143. The van der Waals surface area contributed by atoms with Gasteiger partial charge in [0.1, 0.15) is 11.4 Å². The van der Waals surface area contributed by atoms with E-state index < -0.39 is 11.7 Å². The summed E-state index contributed by atoms with van der Waals surface area (Å²) in [5, 5.41) is 9.47. The number of fused-ring (bicyclic) bond motifs is 1. The summed E-state index contributed by atoms with van der Waals surface area (Å²) in [5.74, 6) is -0.324. The van der Waals surface area contributed by atoms with Gasteiger partial charge in [0.2, 0.25) is 0 Å². The van der Waals surface area contributed by atoms with Gasteiger partial charge in [-0.2, -0.15) is 0 Å². The monoisotopic (exact) mass is 281 g/mol. The SMILES string of the molecule is CC(C)(C)OC(=O)N1Cc2cc(F)ccc2C[C@H]1CO. The lowest BCUT2D eigenvalue weighted by molar-refractivity contribution is 0.00457. The maximum atomic E-state index is 13.3. The largest absolute Gasteiger partial charge is 0.444 e. The number of nitrogens with zero attached hydrogens (tertiary/aromatic N) is 1. The van der Waals surface area contributed by atoms with Crippen LogP contribution in [0.5, 0.6) is 0 Å². The zero-order chi connectivity index (χ0) is 14.9. The number of carbonyl (C=O) groups is 1. The lowest BCUT2D eigenvalue weighted by Gasteiger charge is -2.36. The van der Waals surface area contributed by atoms with Gasteiger partial charge in [0.15, 0.2) is 0 Å². The average Bonchev–Trinajstić information content (AvgIpc) is 2.35. The zero-order valence-corrected chi connectivity index (χ0v) is 12.0. The lowest BCUT2D eigenvalue weighted by Crippen LogP contribution is -2.48. The molecule has 0 bridgehead atoms. The van der Waals surface area contributed by atoms with Crippen molar-refractivity contribution in [3.05, 3.63) is 35.1 Å². The first-order valence-electron chi connectivity index (χ1n) is 6.68. The Morgan fingerprint density at radius 3 is 2.75 bits per heavy atom. The summed E-state index contributed by atoms with van der Waals surface area (Å²) in [7, 11) is 0. The van der Waals surface area contributed by atoms with Crippen LogP contribution in [0.3, 0.4) is 0 Å². The van der Waals surface area contributed by atoms with E-state index in [-0.39, 0.29) is 25.0 Å². The number of aliphatic hydroxyl groups is 1. The summed E-state index contributed by atoms with van der Waals surface area (Å²) < 4.78 is 18.6. The summed E-state index contributed by atoms with van der Waals surface area (Å²) in [4.78, 5) is 13.6. The Kier molecular flexibility index (Phi) is 3.99. The molecule has 1 aromatic carbocycles. The van der Waals surface area contributed by atoms with Crippen molar-refractivity contribution in [3.63, 3.8) is 0 Å². The molecule has 0 aliphatic carbocycles. The van der Waals surface area contributed by atoms with E-state index in [1.807, 2.05) is 0 Å². The van der Waals surface area contributed by atoms with Crippen LogP contribution in [0.1, 0.15) is 31.9 Å². The smallest absolute Gasteiger partial charge is 0.410 e. The number of hydrogen-bond acceptors (Lipinski definition) is 3. The first-order valence-corrected chi connectivity index (χ1v) is 6.68. The Labute approximate surface area is 118 Å². The van der Waals surface area contributed by atoms with E-state index >= 15 is 0 Å². The Balaban J connectivity index is 2.23. The minimum atomic E-state index is -0.598. The molecule has 1 aliphatic heterocycles. The summed E-state index contributed by atoms with van der Waals surface area (Å²) in [6, 6.07) is 4.21. The molecule has 0 radical (unpaired) electrons. The zero-order valence-electron chi connectivity index (χ0n) is 12.0. The predicted molar refractivity (Wildman–Crippen MR) is 72.8 cm³/mol. The second kappa shape index (κ2) is 5.40. The molecule has 1 atom stereocenters. The standard InChI is InChI=1S/C15H20FNO3/c1-15(2,3)20-14(19)17-8-11-6-12(16)5-4-10(11)7-13(17)9-18/h4-6,13,18H,7-9H2,1-3H3/t13-/m0/s1. The van der Waals surface area contributed by atoms with Crippen molar-refractivity contribution < 1.29 is 19.0 Å². The fourth-order valence-electron chi connectivity index (χ4n) is 2.31. The molecule has 110 valence electrons. The number of aliphatic hydroxyl groups excluding tert-OH is 1. The van der Waals surface area contributed by atoms with Gasteiger partial charge in [0.05, 0.1) is 12.6 Å². The van der Waals surface area contributed by atoms with E-state index in [4.69, 9.17) is 4.74 Å². The number of halogens is 1. The van der Waals surface area contributed by atoms with Gasteiger partial charge in [0.25, 0.3) is 0 Å². The Morgan fingerprint density at radius 1 is 1.45 bits per heavy atom. The number of rotatable bonds is 1. The van der Waals surface area contributed by atoms with Gasteiger partial charge < -0.3 is 9.84 Å². The van der Waals surface area contributed by atoms with Gasteiger partial charge in [0, 0.05) is 6.54 Å². The third kappa shape index (κ3) is 3.28. The topological polar surface area (TPSA) is 49.8 Å². The van der Waals surface area contributed by atoms with E-state index in [0.717, 1.165) is 11.1 Å². The van der Waals surface area contributed by atoms with Crippen molar-refractivity contribution in [3.8, 4) is 0 Å². The van der Waals surface area contributed by atoms with Crippen molar-refractivity contribution >= 4 is 6.09 Å². The number of carbonyl (C=O) groups excluding carboxylic acids is 1. The van der Waals surface area contributed by atoms with Gasteiger partial charge in [-0.3, -0.25) is 4.90 Å². The number of benzene rings is 1. The fraction of sp³-hybridized carbons (Fsp3) is 0.533. The van der Waals surface area contributed by atoms with E-state index in [2.05, 4.69) is 0 Å². The Hall–Kier alpha value is -1.62. The highest BCUT2D eigenvalue weighted by atomic mass is 19.1. The minimum Gasteiger partial charge on any atom is -0.444 e. The molecule has 0 unspecified atom stereocenters. The van der Waals surface area contributed by atoms with Gasteiger partial charge in [-0.25, -0.2) is 9.18 Å². The highest BCUT2D eigenvalue weighted by molar-refractivity contribution is 5.69. The molecule has 20 heavy (non-hydrogen) atoms. The Morgan fingerprint density at radius 2 is 2.15 bits per heavy atom. The predicted octanol–water partition coefficient (Wildman–Crippen LogP) is 2.48. The molecule has 1 aromatic rings. The van der Waals surface area contributed by atoms with Crippen molar-refractivity contribution in [1.29, 1.82) is 0 Å². The van der Waals surface area contributed by atoms with E-state index in [0.29, 0.717) is 6.42 Å². The molecular weight excluding hydrogens is 261 g/mol. The van der Waals surface area contributed by atoms with Gasteiger partial charge in [-0.1, -0.05) is 6.07 Å². The van der Waals surface area contributed by atoms with Crippen LogP contribution in [-0.2, 0) is 17.7 Å². The molecule has 2 rings (SSSR count). The first kappa shape index (κ1) is 14.8. The molecular formula is C15H20FNO3. The molecule has 1 amide bonds. The van der Waals surface area contributed by atoms with Crippen LogP contribution in [0.25, 0.3) is 0 Å². The van der Waals surface area contributed by atoms with Crippen LogP contribution < -0.4 is 0 Å². The van der Waals surface area contributed by atoms with Gasteiger partial charge >= 0.3 is 6.09 Å². The number of hydrogen-bond donors (Lipinski definition) is 1. The number of ether oxygens (including phenoxy) is 1. The highest BCUT2D eigenvalue weighted by Crippen LogP contribution is 2.25. The summed E-state index contributed by atoms with van der Waals surface area (Å²) >= 11 is 0. The van der Waals surface area contributed by atoms with Crippen LogP contribution >= 0.6 is 0 Å². The van der Waals surface area contributed by atoms with Crippen LogP contribution in [-0.4, -0.2) is 34.3 Å². The third-order valence-corrected chi connectivity index (χ3v) is 3.24. The van der Waals surface area contributed by atoms with Crippen LogP contribution in [0.15, 0.2) is 18.2 Å². The molecule has 1 heterocycles. The second-order valence-corrected chi connectivity index (χ2v) is 6.06. The lowest BCUT2D eigenvalue weighted by atomic mass is 9.94. The third-order valence-electron chi connectivity index (χ3n) is 3.24. The van der Waals surface area contributed by atoms with Crippen molar-refractivity contribution in [2.45, 2.75) is 45.4 Å². The number of amides is 1. The molecule has 1 aliphatic rings. The van der Waals surface area contributed by atoms with Crippen LogP contribution in [0.4, 0.5) is 9.18 Å². The molecule has 5 heteroatoms. The quantitative estimate of drug-likeness (QED) is 0.860. The molecule has 0 saturated heterocycles. The van der Waals surface area contributed by atoms with Crippen LogP contribution in [0.2, 0.25) is 0 Å². The van der Waals surface area contributed by atoms with E-state index in [1.54, 1.807) is 26.8 Å². The maximum Gasteiger partial charge on any atom is 0.410 e. The summed E-state index contributed by atoms with van der Waals surface area (Å²) in [6.07, 6.45) is 0.0252.